The van der Waals surface area contributed by atoms with Crippen LogP contribution in [0.5, 0.6) is 11.5 Å². The average molecular weight is 291 g/mol. The largest absolute Gasteiger partial charge is 0.454 e. The van der Waals surface area contributed by atoms with Crippen molar-refractivity contribution >= 4 is 0 Å². The van der Waals surface area contributed by atoms with Gasteiger partial charge in [-0.3, -0.25) is 0 Å². The van der Waals surface area contributed by atoms with E-state index in [4.69, 9.17) is 4.74 Å². The van der Waals surface area contributed by atoms with E-state index in [1.165, 1.54) is 12.1 Å². The molecule has 0 spiro atoms. The molecule has 0 amide bonds. The van der Waals surface area contributed by atoms with Crippen LogP contribution in [0.3, 0.4) is 0 Å². The van der Waals surface area contributed by atoms with Crippen molar-refractivity contribution in [3.63, 3.8) is 0 Å². The Hall–Kier alpha value is -1.94. The average Bonchev–Trinajstić information content (AvgIpc) is 2.43. The lowest BCUT2D eigenvalue weighted by Gasteiger charge is -2.13. The maximum Gasteiger partial charge on any atom is 0.168 e. The van der Waals surface area contributed by atoms with Crippen LogP contribution in [0.4, 0.5) is 8.78 Å². The smallest absolute Gasteiger partial charge is 0.168 e. The molecule has 0 atom stereocenters. The summed E-state index contributed by atoms with van der Waals surface area (Å²) in [5.74, 6) is -0.189. The van der Waals surface area contributed by atoms with E-state index in [0.717, 1.165) is 18.2 Å². The van der Waals surface area contributed by atoms with Crippen LogP contribution < -0.4 is 10.1 Å². The predicted octanol–water partition coefficient (Wildman–Crippen LogP) is 4.50. The Bertz CT molecular complexity index is 599. The van der Waals surface area contributed by atoms with Gasteiger partial charge in [0.2, 0.25) is 0 Å². The van der Waals surface area contributed by atoms with Crippen molar-refractivity contribution in [2.45, 2.75) is 20.4 Å². The molecule has 0 unspecified atom stereocenters. The van der Waals surface area contributed by atoms with Crippen molar-refractivity contribution in [2.24, 2.45) is 5.92 Å². The standard InChI is InChI=1S/C17H19F2NO/c1-12(2)10-20-11-13-5-3-4-6-16(13)21-17-8-7-14(18)9-15(17)19/h3-9,12,20H,10-11H2,1-2H3. The third-order valence-corrected chi connectivity index (χ3v) is 2.95. The van der Waals surface area contributed by atoms with Gasteiger partial charge < -0.3 is 10.1 Å². The van der Waals surface area contributed by atoms with Crippen LogP contribution in [-0.2, 0) is 6.54 Å². The maximum atomic E-state index is 13.6. The molecule has 2 rings (SSSR count). The second-order valence-electron chi connectivity index (χ2n) is 5.31. The van der Waals surface area contributed by atoms with E-state index in [0.29, 0.717) is 18.2 Å². The number of hydrogen-bond donors (Lipinski definition) is 1. The summed E-state index contributed by atoms with van der Waals surface area (Å²) in [4.78, 5) is 0. The summed E-state index contributed by atoms with van der Waals surface area (Å²) in [6.45, 7) is 5.78. The van der Waals surface area contributed by atoms with Crippen LogP contribution in [0, 0.1) is 17.6 Å². The number of ether oxygens (including phenoxy) is 1. The van der Waals surface area contributed by atoms with E-state index in [1.807, 2.05) is 18.2 Å². The number of rotatable bonds is 6. The number of para-hydroxylation sites is 1. The molecule has 112 valence electrons. The van der Waals surface area contributed by atoms with Gasteiger partial charge in [-0.2, -0.15) is 0 Å². The summed E-state index contributed by atoms with van der Waals surface area (Å²) in [6.07, 6.45) is 0. The number of halogens is 2. The molecule has 0 aromatic heterocycles. The Morgan fingerprint density at radius 2 is 1.81 bits per heavy atom. The molecule has 4 heteroatoms. The molecule has 0 bridgehead atoms. The van der Waals surface area contributed by atoms with Gasteiger partial charge in [0, 0.05) is 18.2 Å². The molecule has 2 aromatic carbocycles. The van der Waals surface area contributed by atoms with Crippen molar-refractivity contribution in [1.82, 2.24) is 5.32 Å². The van der Waals surface area contributed by atoms with Crippen molar-refractivity contribution < 1.29 is 13.5 Å². The first-order valence-corrected chi connectivity index (χ1v) is 6.98. The summed E-state index contributed by atoms with van der Waals surface area (Å²) in [6, 6.07) is 10.7. The van der Waals surface area contributed by atoms with E-state index in [2.05, 4.69) is 19.2 Å². The van der Waals surface area contributed by atoms with Crippen molar-refractivity contribution in [1.29, 1.82) is 0 Å². The summed E-state index contributed by atoms with van der Waals surface area (Å²) >= 11 is 0. The monoisotopic (exact) mass is 291 g/mol. The molecular formula is C17H19F2NO. The van der Waals surface area contributed by atoms with Gasteiger partial charge in [0.05, 0.1) is 0 Å². The van der Waals surface area contributed by atoms with E-state index < -0.39 is 11.6 Å². The molecule has 0 fully saturated rings. The number of benzene rings is 2. The van der Waals surface area contributed by atoms with E-state index in [1.54, 1.807) is 6.07 Å². The number of nitrogens with one attached hydrogen (secondary N) is 1. The summed E-state index contributed by atoms with van der Waals surface area (Å²) in [5.41, 5.74) is 0.932. The van der Waals surface area contributed by atoms with Crippen LogP contribution in [-0.4, -0.2) is 6.54 Å². The third-order valence-electron chi connectivity index (χ3n) is 2.95. The first-order valence-electron chi connectivity index (χ1n) is 6.98. The van der Waals surface area contributed by atoms with Crippen molar-refractivity contribution in [3.05, 3.63) is 59.7 Å². The second kappa shape index (κ2) is 7.18. The highest BCUT2D eigenvalue weighted by Crippen LogP contribution is 2.27. The zero-order chi connectivity index (χ0) is 15.2. The van der Waals surface area contributed by atoms with Gasteiger partial charge in [-0.25, -0.2) is 8.78 Å². The zero-order valence-electron chi connectivity index (χ0n) is 12.2. The highest BCUT2D eigenvalue weighted by molar-refractivity contribution is 5.38. The van der Waals surface area contributed by atoms with Crippen LogP contribution in [0.1, 0.15) is 19.4 Å². The predicted molar refractivity (Wildman–Crippen MR) is 79.4 cm³/mol. The lowest BCUT2D eigenvalue weighted by Crippen LogP contribution is -2.19. The molecule has 0 saturated carbocycles. The summed E-state index contributed by atoms with van der Waals surface area (Å²) in [5, 5.41) is 3.32. The molecule has 0 saturated heterocycles. The van der Waals surface area contributed by atoms with E-state index >= 15 is 0 Å². The first kappa shape index (κ1) is 15.4. The lowest BCUT2D eigenvalue weighted by atomic mass is 10.2. The number of hydrogen-bond acceptors (Lipinski definition) is 2. The molecule has 0 heterocycles. The zero-order valence-corrected chi connectivity index (χ0v) is 12.2. The quantitative estimate of drug-likeness (QED) is 0.846. The SMILES string of the molecule is CC(C)CNCc1ccccc1Oc1ccc(F)cc1F. The third kappa shape index (κ3) is 4.53. The minimum absolute atomic E-state index is 0.0210. The van der Waals surface area contributed by atoms with Crippen LogP contribution in [0.2, 0.25) is 0 Å². The fourth-order valence-corrected chi connectivity index (χ4v) is 1.92. The van der Waals surface area contributed by atoms with Gasteiger partial charge in [0.1, 0.15) is 11.6 Å². The maximum absolute atomic E-state index is 13.6. The minimum Gasteiger partial charge on any atom is -0.454 e. The summed E-state index contributed by atoms with van der Waals surface area (Å²) < 4.78 is 32.1. The fraction of sp³-hybridized carbons (Fsp3) is 0.294. The molecule has 2 aromatic rings. The second-order valence-corrected chi connectivity index (χ2v) is 5.31. The Kier molecular flexibility index (Phi) is 5.28. The van der Waals surface area contributed by atoms with E-state index in [9.17, 15) is 8.78 Å². The van der Waals surface area contributed by atoms with Gasteiger partial charge in [0.15, 0.2) is 11.6 Å². The summed E-state index contributed by atoms with van der Waals surface area (Å²) in [7, 11) is 0. The molecule has 0 aliphatic heterocycles. The molecule has 2 nitrogen and oxygen atoms in total. The first-order chi connectivity index (χ1) is 10.1. The van der Waals surface area contributed by atoms with Gasteiger partial charge in [0.25, 0.3) is 0 Å². The normalized spacial score (nSPS) is 10.9. The Balaban J connectivity index is 2.12. The van der Waals surface area contributed by atoms with Crippen LogP contribution >= 0.6 is 0 Å². The molecule has 21 heavy (non-hydrogen) atoms. The van der Waals surface area contributed by atoms with E-state index in [-0.39, 0.29) is 5.75 Å². The van der Waals surface area contributed by atoms with Gasteiger partial charge in [-0.15, -0.1) is 0 Å². The van der Waals surface area contributed by atoms with Crippen LogP contribution in [0.25, 0.3) is 0 Å². The molecule has 0 aliphatic rings. The van der Waals surface area contributed by atoms with Crippen molar-refractivity contribution in [2.75, 3.05) is 6.54 Å². The van der Waals surface area contributed by atoms with Crippen molar-refractivity contribution in [3.8, 4) is 11.5 Å². The van der Waals surface area contributed by atoms with Gasteiger partial charge in [-0.1, -0.05) is 32.0 Å². The molecule has 0 aliphatic carbocycles. The molecule has 1 N–H and O–H groups in total. The highest BCUT2D eigenvalue weighted by atomic mass is 19.1. The Labute approximate surface area is 123 Å². The van der Waals surface area contributed by atoms with Crippen LogP contribution in [0.15, 0.2) is 42.5 Å². The molecule has 0 radical (unpaired) electrons. The topological polar surface area (TPSA) is 21.3 Å². The Morgan fingerprint density at radius 3 is 2.52 bits per heavy atom. The highest BCUT2D eigenvalue weighted by Gasteiger charge is 2.09. The lowest BCUT2D eigenvalue weighted by molar-refractivity contribution is 0.430. The van der Waals surface area contributed by atoms with Gasteiger partial charge in [-0.05, 0) is 30.7 Å². The molecular weight excluding hydrogens is 272 g/mol. The van der Waals surface area contributed by atoms with Gasteiger partial charge >= 0.3 is 0 Å². The fourth-order valence-electron chi connectivity index (χ4n) is 1.92. The Morgan fingerprint density at radius 1 is 1.05 bits per heavy atom. The minimum atomic E-state index is -0.708.